The van der Waals surface area contributed by atoms with E-state index in [2.05, 4.69) is 15.6 Å². The number of hydrogen-bond acceptors (Lipinski definition) is 3. The summed E-state index contributed by atoms with van der Waals surface area (Å²) in [5.41, 5.74) is 1.54. The van der Waals surface area contributed by atoms with Crippen LogP contribution in [-0.2, 0) is 23.0 Å². The summed E-state index contributed by atoms with van der Waals surface area (Å²) in [7, 11) is 1.13. The van der Waals surface area contributed by atoms with Gasteiger partial charge in [0.15, 0.2) is 5.96 Å². The van der Waals surface area contributed by atoms with Gasteiger partial charge in [0.1, 0.15) is 5.82 Å². The third-order valence-corrected chi connectivity index (χ3v) is 5.91. The predicted octanol–water partition coefficient (Wildman–Crippen LogP) is 1.98. The van der Waals surface area contributed by atoms with E-state index in [1.165, 1.54) is 30.5 Å². The molecule has 0 aliphatic heterocycles. The number of benzene rings is 2. The molecule has 0 radical (unpaired) electrons. The number of nitrogens with one attached hydrogen (secondary N) is 2. The Balaban J connectivity index is 1.97. The molecule has 2 aromatic carbocycles. The van der Waals surface area contributed by atoms with Crippen LogP contribution in [0, 0.1) is 5.82 Å². The van der Waals surface area contributed by atoms with Crippen molar-refractivity contribution in [3.05, 3.63) is 65.5 Å². The van der Waals surface area contributed by atoms with E-state index in [9.17, 15) is 12.8 Å². The lowest BCUT2D eigenvalue weighted by atomic mass is 10.1. The van der Waals surface area contributed by atoms with Crippen LogP contribution in [0.25, 0.3) is 0 Å². The Kier molecular flexibility index (Phi) is 7.32. The Labute approximate surface area is 160 Å². The van der Waals surface area contributed by atoms with E-state index < -0.39 is 10.0 Å². The van der Waals surface area contributed by atoms with Gasteiger partial charge in [-0.25, -0.2) is 17.1 Å². The lowest BCUT2D eigenvalue weighted by molar-refractivity contribution is 0.519. The summed E-state index contributed by atoms with van der Waals surface area (Å²) in [6.45, 7) is 0.879. The van der Waals surface area contributed by atoms with Crippen LogP contribution in [0.15, 0.2) is 58.4 Å². The van der Waals surface area contributed by atoms with Crippen LogP contribution in [0.1, 0.15) is 11.1 Å². The summed E-state index contributed by atoms with van der Waals surface area (Å²) < 4.78 is 39.3. The standard InChI is InChI=1S/C19H25FN4O2S/c1-21-19(22-12-11-15-7-6-9-17(20)13-15)23-14-16-8-4-5-10-18(16)27(25,26)24(2)3/h4-10,13H,11-12,14H2,1-3H3,(H2,21,22,23). The molecule has 0 unspecified atom stereocenters. The second kappa shape index (κ2) is 9.48. The van der Waals surface area contributed by atoms with E-state index >= 15 is 0 Å². The molecule has 0 amide bonds. The Morgan fingerprint density at radius 1 is 1.11 bits per heavy atom. The second-order valence-electron chi connectivity index (χ2n) is 6.13. The smallest absolute Gasteiger partial charge is 0.242 e. The number of halogens is 1. The van der Waals surface area contributed by atoms with Crippen molar-refractivity contribution in [1.29, 1.82) is 0 Å². The van der Waals surface area contributed by atoms with Crippen LogP contribution < -0.4 is 10.6 Å². The van der Waals surface area contributed by atoms with Gasteiger partial charge >= 0.3 is 0 Å². The normalized spacial score (nSPS) is 12.3. The van der Waals surface area contributed by atoms with Crippen LogP contribution in [0.3, 0.4) is 0 Å². The highest BCUT2D eigenvalue weighted by Crippen LogP contribution is 2.18. The van der Waals surface area contributed by atoms with Crippen molar-refractivity contribution >= 4 is 16.0 Å². The third kappa shape index (κ3) is 5.77. The molecule has 0 bridgehead atoms. The maximum atomic E-state index is 13.2. The summed E-state index contributed by atoms with van der Waals surface area (Å²) in [6, 6.07) is 13.3. The van der Waals surface area contributed by atoms with Gasteiger partial charge in [-0.1, -0.05) is 30.3 Å². The minimum atomic E-state index is -3.52. The average Bonchev–Trinajstić information content (AvgIpc) is 2.64. The molecule has 0 spiro atoms. The molecule has 0 atom stereocenters. The Morgan fingerprint density at radius 3 is 2.52 bits per heavy atom. The van der Waals surface area contributed by atoms with Gasteiger partial charge in [-0.3, -0.25) is 4.99 Å². The predicted molar refractivity (Wildman–Crippen MR) is 106 cm³/mol. The molecule has 0 aliphatic carbocycles. The Bertz CT molecular complexity index is 898. The molecular weight excluding hydrogens is 367 g/mol. The van der Waals surface area contributed by atoms with Crippen molar-refractivity contribution in [2.45, 2.75) is 17.9 Å². The summed E-state index contributed by atoms with van der Waals surface area (Å²) in [4.78, 5) is 4.40. The molecule has 146 valence electrons. The summed E-state index contributed by atoms with van der Waals surface area (Å²) in [6.07, 6.45) is 0.643. The number of rotatable bonds is 7. The van der Waals surface area contributed by atoms with Crippen molar-refractivity contribution in [3.63, 3.8) is 0 Å². The van der Waals surface area contributed by atoms with Crippen molar-refractivity contribution in [1.82, 2.24) is 14.9 Å². The van der Waals surface area contributed by atoms with Gasteiger partial charge in [-0.15, -0.1) is 0 Å². The molecular formula is C19H25FN4O2S. The van der Waals surface area contributed by atoms with Gasteiger partial charge in [0, 0.05) is 34.2 Å². The summed E-state index contributed by atoms with van der Waals surface area (Å²) in [5.74, 6) is 0.289. The van der Waals surface area contributed by atoms with E-state index in [1.54, 1.807) is 37.4 Å². The van der Waals surface area contributed by atoms with E-state index in [1.807, 2.05) is 6.07 Å². The fourth-order valence-electron chi connectivity index (χ4n) is 2.52. The van der Waals surface area contributed by atoms with Crippen LogP contribution in [-0.4, -0.2) is 46.4 Å². The first-order chi connectivity index (χ1) is 12.8. The maximum absolute atomic E-state index is 13.2. The van der Waals surface area contributed by atoms with Crippen LogP contribution in [0.2, 0.25) is 0 Å². The number of hydrogen-bond donors (Lipinski definition) is 2. The van der Waals surface area contributed by atoms with Crippen molar-refractivity contribution < 1.29 is 12.8 Å². The fraction of sp³-hybridized carbons (Fsp3) is 0.316. The first-order valence-corrected chi connectivity index (χ1v) is 9.98. The molecule has 0 saturated carbocycles. The molecule has 2 aromatic rings. The largest absolute Gasteiger partial charge is 0.356 e. The average molecular weight is 393 g/mol. The highest BCUT2D eigenvalue weighted by atomic mass is 32.2. The Morgan fingerprint density at radius 2 is 1.85 bits per heavy atom. The molecule has 0 aliphatic rings. The first-order valence-electron chi connectivity index (χ1n) is 8.54. The molecule has 0 saturated heterocycles. The highest BCUT2D eigenvalue weighted by molar-refractivity contribution is 7.89. The zero-order valence-corrected chi connectivity index (χ0v) is 16.6. The van der Waals surface area contributed by atoms with E-state index in [0.29, 0.717) is 31.0 Å². The molecule has 0 fully saturated rings. The third-order valence-electron chi connectivity index (χ3n) is 4.00. The monoisotopic (exact) mass is 392 g/mol. The first kappa shape index (κ1) is 20.9. The van der Waals surface area contributed by atoms with Crippen LogP contribution in [0.4, 0.5) is 4.39 Å². The van der Waals surface area contributed by atoms with Gasteiger partial charge < -0.3 is 10.6 Å². The van der Waals surface area contributed by atoms with Gasteiger partial charge in [-0.05, 0) is 35.7 Å². The molecule has 2 rings (SSSR count). The SMILES string of the molecule is CN=C(NCCc1cccc(F)c1)NCc1ccccc1S(=O)(=O)N(C)C. The highest BCUT2D eigenvalue weighted by Gasteiger charge is 2.20. The zero-order chi connectivity index (χ0) is 19.9. The number of guanidine groups is 1. The van der Waals surface area contributed by atoms with Gasteiger partial charge in [0.25, 0.3) is 0 Å². The summed E-state index contributed by atoms with van der Waals surface area (Å²) >= 11 is 0. The van der Waals surface area contributed by atoms with Crippen molar-refractivity contribution in [2.75, 3.05) is 27.7 Å². The number of nitrogens with zero attached hydrogens (tertiary/aromatic N) is 2. The molecule has 0 aromatic heterocycles. The fourth-order valence-corrected chi connectivity index (χ4v) is 3.63. The number of aliphatic imine (C=N–C) groups is 1. The van der Waals surface area contributed by atoms with Crippen LogP contribution >= 0.6 is 0 Å². The molecule has 27 heavy (non-hydrogen) atoms. The number of sulfonamides is 1. The van der Waals surface area contributed by atoms with Crippen molar-refractivity contribution in [2.24, 2.45) is 4.99 Å². The molecule has 6 nitrogen and oxygen atoms in total. The lowest BCUT2D eigenvalue weighted by Gasteiger charge is -2.17. The minimum Gasteiger partial charge on any atom is -0.356 e. The Hall–Kier alpha value is -2.45. The maximum Gasteiger partial charge on any atom is 0.242 e. The van der Waals surface area contributed by atoms with Gasteiger partial charge in [0.2, 0.25) is 10.0 Å². The van der Waals surface area contributed by atoms with Gasteiger partial charge in [0.05, 0.1) is 4.90 Å². The van der Waals surface area contributed by atoms with E-state index in [0.717, 1.165) is 5.56 Å². The zero-order valence-electron chi connectivity index (χ0n) is 15.7. The topological polar surface area (TPSA) is 73.8 Å². The van der Waals surface area contributed by atoms with E-state index in [-0.39, 0.29) is 10.7 Å². The summed E-state index contributed by atoms with van der Waals surface area (Å²) in [5, 5.41) is 6.26. The quantitative estimate of drug-likeness (QED) is 0.558. The van der Waals surface area contributed by atoms with Gasteiger partial charge in [-0.2, -0.15) is 0 Å². The molecule has 0 heterocycles. The van der Waals surface area contributed by atoms with Crippen LogP contribution in [0.5, 0.6) is 0 Å². The second-order valence-corrected chi connectivity index (χ2v) is 8.25. The lowest BCUT2D eigenvalue weighted by Crippen LogP contribution is -2.38. The minimum absolute atomic E-state index is 0.256. The van der Waals surface area contributed by atoms with E-state index in [4.69, 9.17) is 0 Å². The molecule has 2 N–H and O–H groups in total. The van der Waals surface area contributed by atoms with Crippen molar-refractivity contribution in [3.8, 4) is 0 Å². The molecule has 8 heteroatoms.